The lowest BCUT2D eigenvalue weighted by molar-refractivity contribution is 0.0913. The summed E-state index contributed by atoms with van der Waals surface area (Å²) in [7, 11) is 0. The highest BCUT2D eigenvalue weighted by Gasteiger charge is 2.36. The number of likely N-dealkylation sites (tertiary alicyclic amines) is 1. The first-order valence-corrected chi connectivity index (χ1v) is 7.10. The topological polar surface area (TPSA) is 71.4 Å². The molecule has 1 saturated heterocycles. The van der Waals surface area contributed by atoms with Crippen LogP contribution in [0.1, 0.15) is 23.7 Å². The molecular formula is C16H19N3O2. The van der Waals surface area contributed by atoms with Crippen molar-refractivity contribution < 1.29 is 9.53 Å². The molecule has 1 aliphatic heterocycles. The van der Waals surface area contributed by atoms with Crippen LogP contribution in [0.5, 0.6) is 0 Å². The molecule has 2 atom stereocenters. The van der Waals surface area contributed by atoms with Gasteiger partial charge in [-0.1, -0.05) is 30.3 Å². The smallest absolute Gasteiger partial charge is 0.410 e. The Morgan fingerprint density at radius 2 is 2.10 bits per heavy atom. The van der Waals surface area contributed by atoms with Crippen LogP contribution in [0.4, 0.5) is 4.79 Å². The molecule has 0 radical (unpaired) electrons. The maximum absolute atomic E-state index is 12.3. The highest BCUT2D eigenvalue weighted by atomic mass is 16.6. The van der Waals surface area contributed by atoms with Crippen LogP contribution < -0.4 is 5.73 Å². The number of aromatic nitrogens is 1. The highest BCUT2D eigenvalue weighted by Crippen LogP contribution is 2.31. The van der Waals surface area contributed by atoms with Crippen molar-refractivity contribution in [1.29, 1.82) is 0 Å². The van der Waals surface area contributed by atoms with Gasteiger partial charge in [0.1, 0.15) is 6.61 Å². The number of nitrogens with zero attached hydrogens (tertiary/aromatic N) is 1. The average Bonchev–Trinajstić information content (AvgIpc) is 3.14. The number of aromatic amines is 1. The summed E-state index contributed by atoms with van der Waals surface area (Å²) in [6, 6.07) is 13.5. The van der Waals surface area contributed by atoms with E-state index < -0.39 is 0 Å². The summed E-state index contributed by atoms with van der Waals surface area (Å²) in [6.07, 6.45) is 2.29. The molecule has 110 valence electrons. The number of carbonyl (C=O) groups is 1. The third kappa shape index (κ3) is 3.08. The zero-order chi connectivity index (χ0) is 14.7. The van der Waals surface area contributed by atoms with Gasteiger partial charge in [-0.25, -0.2) is 4.79 Å². The van der Waals surface area contributed by atoms with Crippen LogP contribution in [0, 0.1) is 0 Å². The van der Waals surface area contributed by atoms with Crippen molar-refractivity contribution in [3.8, 4) is 0 Å². The van der Waals surface area contributed by atoms with Crippen LogP contribution in [0.2, 0.25) is 0 Å². The Labute approximate surface area is 123 Å². The van der Waals surface area contributed by atoms with Crippen LogP contribution in [-0.4, -0.2) is 28.6 Å². The lowest BCUT2D eigenvalue weighted by Crippen LogP contribution is -2.33. The average molecular weight is 285 g/mol. The van der Waals surface area contributed by atoms with Crippen molar-refractivity contribution in [3.05, 3.63) is 59.9 Å². The molecule has 1 aromatic heterocycles. The Bertz CT molecular complexity index is 583. The van der Waals surface area contributed by atoms with E-state index in [4.69, 9.17) is 10.5 Å². The van der Waals surface area contributed by atoms with E-state index in [2.05, 4.69) is 4.98 Å². The zero-order valence-corrected chi connectivity index (χ0v) is 11.7. The maximum atomic E-state index is 12.3. The summed E-state index contributed by atoms with van der Waals surface area (Å²) in [5.74, 6) is 0. The largest absolute Gasteiger partial charge is 0.445 e. The predicted molar refractivity (Wildman–Crippen MR) is 79.5 cm³/mol. The first-order chi connectivity index (χ1) is 10.2. The number of carbonyl (C=O) groups excluding carboxylic acids is 1. The summed E-state index contributed by atoms with van der Waals surface area (Å²) in [4.78, 5) is 17.2. The third-order valence-electron chi connectivity index (χ3n) is 3.75. The molecule has 1 fully saturated rings. The maximum Gasteiger partial charge on any atom is 0.410 e. The van der Waals surface area contributed by atoms with Gasteiger partial charge in [0.05, 0.1) is 6.04 Å². The minimum atomic E-state index is -0.314. The fraction of sp³-hybridized carbons (Fsp3) is 0.312. The minimum absolute atomic E-state index is 0.0115. The molecule has 2 heterocycles. The van der Waals surface area contributed by atoms with Gasteiger partial charge in [0.2, 0.25) is 0 Å². The molecule has 1 amide bonds. The quantitative estimate of drug-likeness (QED) is 0.909. The van der Waals surface area contributed by atoms with Crippen molar-refractivity contribution in [2.24, 2.45) is 5.73 Å². The Morgan fingerprint density at radius 3 is 2.81 bits per heavy atom. The van der Waals surface area contributed by atoms with Crippen LogP contribution in [0.3, 0.4) is 0 Å². The van der Waals surface area contributed by atoms with E-state index in [0.717, 1.165) is 17.7 Å². The number of ether oxygens (including phenoxy) is 1. The summed E-state index contributed by atoms with van der Waals surface area (Å²) >= 11 is 0. The number of hydrogen-bond donors (Lipinski definition) is 2. The molecule has 0 aliphatic carbocycles. The van der Waals surface area contributed by atoms with Crippen molar-refractivity contribution in [2.45, 2.75) is 25.1 Å². The van der Waals surface area contributed by atoms with Crippen molar-refractivity contribution in [1.82, 2.24) is 9.88 Å². The van der Waals surface area contributed by atoms with Gasteiger partial charge >= 0.3 is 6.09 Å². The molecule has 1 aliphatic rings. The van der Waals surface area contributed by atoms with Crippen molar-refractivity contribution >= 4 is 6.09 Å². The summed E-state index contributed by atoms with van der Waals surface area (Å²) < 4.78 is 5.41. The number of amides is 1. The molecule has 5 nitrogen and oxygen atoms in total. The van der Waals surface area contributed by atoms with E-state index >= 15 is 0 Å². The van der Waals surface area contributed by atoms with Crippen LogP contribution >= 0.6 is 0 Å². The number of H-pyrrole nitrogens is 1. The zero-order valence-electron chi connectivity index (χ0n) is 11.7. The van der Waals surface area contributed by atoms with E-state index in [1.54, 1.807) is 4.90 Å². The fourth-order valence-corrected chi connectivity index (χ4v) is 2.72. The lowest BCUT2D eigenvalue weighted by atomic mass is 10.1. The van der Waals surface area contributed by atoms with Gasteiger partial charge in [0, 0.05) is 24.5 Å². The molecule has 3 rings (SSSR count). The minimum Gasteiger partial charge on any atom is -0.445 e. The second-order valence-corrected chi connectivity index (χ2v) is 5.33. The lowest BCUT2D eigenvalue weighted by Gasteiger charge is -2.23. The van der Waals surface area contributed by atoms with Gasteiger partial charge in [0.15, 0.2) is 0 Å². The molecule has 3 N–H and O–H groups in total. The van der Waals surface area contributed by atoms with Crippen LogP contribution in [0.25, 0.3) is 0 Å². The Balaban J connectivity index is 1.65. The molecule has 5 heteroatoms. The number of nitrogens with one attached hydrogen (secondary N) is 1. The van der Waals surface area contributed by atoms with Crippen molar-refractivity contribution in [3.63, 3.8) is 0 Å². The second-order valence-electron chi connectivity index (χ2n) is 5.33. The predicted octanol–water partition coefficient (Wildman–Crippen LogP) is 2.43. The van der Waals surface area contributed by atoms with Gasteiger partial charge < -0.3 is 15.5 Å². The molecular weight excluding hydrogens is 266 g/mol. The summed E-state index contributed by atoms with van der Waals surface area (Å²) in [6.45, 7) is 0.806. The normalized spacial score (nSPS) is 21.5. The van der Waals surface area contributed by atoms with Gasteiger partial charge in [-0.2, -0.15) is 0 Å². The van der Waals surface area contributed by atoms with Gasteiger partial charge in [-0.15, -0.1) is 0 Å². The van der Waals surface area contributed by atoms with E-state index in [0.29, 0.717) is 6.54 Å². The molecule has 0 bridgehead atoms. The Morgan fingerprint density at radius 1 is 1.29 bits per heavy atom. The number of nitrogens with two attached hydrogens (primary N) is 1. The summed E-state index contributed by atoms with van der Waals surface area (Å²) in [5, 5.41) is 0. The van der Waals surface area contributed by atoms with E-state index in [9.17, 15) is 4.79 Å². The highest BCUT2D eigenvalue weighted by molar-refractivity contribution is 5.69. The summed E-state index contributed by atoms with van der Waals surface area (Å²) in [5.41, 5.74) is 7.98. The third-order valence-corrected chi connectivity index (χ3v) is 3.75. The van der Waals surface area contributed by atoms with Gasteiger partial charge in [-0.05, 0) is 24.1 Å². The monoisotopic (exact) mass is 285 g/mol. The molecule has 0 unspecified atom stereocenters. The van der Waals surface area contributed by atoms with Crippen LogP contribution in [-0.2, 0) is 11.3 Å². The van der Waals surface area contributed by atoms with Crippen LogP contribution in [0.15, 0.2) is 48.7 Å². The first-order valence-electron chi connectivity index (χ1n) is 7.10. The standard InChI is InChI=1S/C16H19N3O2/c17-13-9-15(14-7-4-8-18-14)19(10-13)16(20)21-11-12-5-2-1-3-6-12/h1-8,13,15,18H,9-11,17H2/t13-,15-/m0/s1. The van der Waals surface area contributed by atoms with E-state index in [-0.39, 0.29) is 24.8 Å². The second kappa shape index (κ2) is 6.01. The van der Waals surface area contributed by atoms with E-state index in [1.807, 2.05) is 48.7 Å². The van der Waals surface area contributed by atoms with Gasteiger partial charge in [-0.3, -0.25) is 4.90 Å². The SMILES string of the molecule is N[C@H]1C[C@@H](c2ccc[nH]2)N(C(=O)OCc2ccccc2)C1. The Hall–Kier alpha value is -2.27. The number of hydrogen-bond acceptors (Lipinski definition) is 3. The first kappa shape index (κ1) is 13.7. The fourth-order valence-electron chi connectivity index (χ4n) is 2.72. The van der Waals surface area contributed by atoms with Gasteiger partial charge in [0.25, 0.3) is 0 Å². The molecule has 1 aromatic carbocycles. The molecule has 0 saturated carbocycles. The number of rotatable bonds is 3. The number of benzene rings is 1. The molecule has 21 heavy (non-hydrogen) atoms. The van der Waals surface area contributed by atoms with Crippen molar-refractivity contribution in [2.75, 3.05) is 6.54 Å². The van der Waals surface area contributed by atoms with E-state index in [1.165, 1.54) is 0 Å². The molecule has 0 spiro atoms. The molecule has 2 aromatic rings. The Kier molecular flexibility index (Phi) is 3.92.